The predicted molar refractivity (Wildman–Crippen MR) is 65.0 cm³/mol. The Morgan fingerprint density at radius 1 is 1.19 bits per heavy atom. The van der Waals surface area contributed by atoms with Gasteiger partial charge in [0.25, 0.3) is 0 Å². The van der Waals surface area contributed by atoms with E-state index in [2.05, 4.69) is 30.1 Å². The van der Waals surface area contributed by atoms with Crippen molar-refractivity contribution in [1.29, 1.82) is 0 Å². The average Bonchev–Trinajstić information content (AvgIpc) is 2.65. The van der Waals surface area contributed by atoms with Crippen molar-refractivity contribution in [3.63, 3.8) is 0 Å². The molecule has 6 heteroatoms. The second kappa shape index (κ2) is 5.56. The lowest BCUT2D eigenvalue weighted by Crippen LogP contribution is -2.29. The van der Waals surface area contributed by atoms with E-state index in [9.17, 15) is 0 Å². The molecule has 2 N–H and O–H groups in total. The van der Waals surface area contributed by atoms with Crippen LogP contribution in [0, 0.1) is 0 Å². The standard InChI is InChI=1S/C10H19N3O2S/c1-10(2,3)8-11-9(16-12-8)13(4-6-14)5-7-15/h14-15H,4-7H2,1-3H3. The smallest absolute Gasteiger partial charge is 0.205 e. The molecule has 0 amide bonds. The summed E-state index contributed by atoms with van der Waals surface area (Å²) in [5.41, 5.74) is -0.0706. The van der Waals surface area contributed by atoms with Crippen LogP contribution < -0.4 is 4.90 Å². The minimum absolute atomic E-state index is 0.0461. The van der Waals surface area contributed by atoms with Gasteiger partial charge in [0.15, 0.2) is 0 Å². The van der Waals surface area contributed by atoms with Crippen LogP contribution in [0.15, 0.2) is 0 Å². The Morgan fingerprint density at radius 2 is 1.75 bits per heavy atom. The lowest BCUT2D eigenvalue weighted by Gasteiger charge is -2.19. The van der Waals surface area contributed by atoms with E-state index in [4.69, 9.17) is 10.2 Å². The monoisotopic (exact) mass is 245 g/mol. The predicted octanol–water partition coefficient (Wildman–Crippen LogP) is 0.627. The van der Waals surface area contributed by atoms with Crippen molar-refractivity contribution in [1.82, 2.24) is 9.36 Å². The Labute approximate surface area is 99.9 Å². The third-order valence-electron chi connectivity index (χ3n) is 2.10. The van der Waals surface area contributed by atoms with Crippen LogP contribution >= 0.6 is 11.5 Å². The van der Waals surface area contributed by atoms with Gasteiger partial charge in [0.2, 0.25) is 5.13 Å². The molecule has 1 aromatic heterocycles. The Bertz CT molecular complexity index is 316. The zero-order valence-electron chi connectivity index (χ0n) is 9.97. The number of aliphatic hydroxyl groups excluding tert-OH is 2. The Morgan fingerprint density at radius 3 is 2.12 bits per heavy atom. The van der Waals surface area contributed by atoms with Crippen molar-refractivity contribution < 1.29 is 10.2 Å². The molecule has 0 bridgehead atoms. The van der Waals surface area contributed by atoms with Crippen molar-refractivity contribution in [2.75, 3.05) is 31.2 Å². The minimum Gasteiger partial charge on any atom is -0.395 e. The molecule has 0 unspecified atom stereocenters. The van der Waals surface area contributed by atoms with Gasteiger partial charge in [0.1, 0.15) is 5.82 Å². The number of nitrogens with zero attached hydrogens (tertiary/aromatic N) is 3. The molecule has 0 atom stereocenters. The molecule has 0 aliphatic rings. The molecule has 16 heavy (non-hydrogen) atoms. The van der Waals surface area contributed by atoms with Crippen LogP contribution in [0.2, 0.25) is 0 Å². The molecule has 5 nitrogen and oxygen atoms in total. The maximum absolute atomic E-state index is 8.92. The largest absolute Gasteiger partial charge is 0.395 e. The van der Waals surface area contributed by atoms with E-state index in [0.717, 1.165) is 11.0 Å². The summed E-state index contributed by atoms with van der Waals surface area (Å²) in [6, 6.07) is 0. The molecule has 1 aromatic rings. The van der Waals surface area contributed by atoms with Gasteiger partial charge >= 0.3 is 0 Å². The van der Waals surface area contributed by atoms with Crippen LogP contribution in [0.4, 0.5) is 5.13 Å². The summed E-state index contributed by atoms with van der Waals surface area (Å²) >= 11 is 1.31. The molecule has 0 aliphatic carbocycles. The SMILES string of the molecule is CC(C)(C)c1nsc(N(CCO)CCO)n1. The summed E-state index contributed by atoms with van der Waals surface area (Å²) in [6.07, 6.45) is 0. The molecule has 0 fully saturated rings. The number of aliphatic hydroxyl groups is 2. The van der Waals surface area contributed by atoms with Gasteiger partial charge in [-0.15, -0.1) is 0 Å². The second-order valence-electron chi connectivity index (χ2n) is 4.58. The molecule has 0 saturated heterocycles. The molecule has 0 aromatic carbocycles. The average molecular weight is 245 g/mol. The van der Waals surface area contributed by atoms with Crippen LogP contribution in [0.1, 0.15) is 26.6 Å². The fraction of sp³-hybridized carbons (Fsp3) is 0.800. The van der Waals surface area contributed by atoms with Crippen LogP contribution in [0.25, 0.3) is 0 Å². The normalized spacial score (nSPS) is 11.8. The number of anilines is 1. The number of hydrogen-bond donors (Lipinski definition) is 2. The van der Waals surface area contributed by atoms with E-state index < -0.39 is 0 Å². The van der Waals surface area contributed by atoms with Gasteiger partial charge in [0.05, 0.1) is 13.2 Å². The maximum atomic E-state index is 8.92. The van der Waals surface area contributed by atoms with Crippen molar-refractivity contribution in [3.05, 3.63) is 5.82 Å². The highest BCUT2D eigenvalue weighted by Crippen LogP contribution is 2.24. The third kappa shape index (κ3) is 3.40. The van der Waals surface area contributed by atoms with Gasteiger partial charge in [-0.05, 0) is 0 Å². The first-order valence-corrected chi connectivity index (χ1v) is 6.07. The Balaban J connectivity index is 2.81. The molecule has 1 rings (SSSR count). The van der Waals surface area contributed by atoms with E-state index in [1.807, 2.05) is 4.90 Å². The fourth-order valence-electron chi connectivity index (χ4n) is 1.19. The number of aromatic nitrogens is 2. The molecular weight excluding hydrogens is 226 g/mol. The van der Waals surface area contributed by atoms with Crippen molar-refractivity contribution in [2.24, 2.45) is 0 Å². The first-order chi connectivity index (χ1) is 7.49. The molecule has 0 saturated carbocycles. The summed E-state index contributed by atoms with van der Waals surface area (Å²) in [5.74, 6) is 0.799. The molecular formula is C10H19N3O2S. The van der Waals surface area contributed by atoms with E-state index in [1.54, 1.807) is 0 Å². The highest BCUT2D eigenvalue weighted by atomic mass is 32.1. The summed E-state index contributed by atoms with van der Waals surface area (Å²) in [4.78, 5) is 6.27. The zero-order chi connectivity index (χ0) is 12.2. The lowest BCUT2D eigenvalue weighted by atomic mass is 9.96. The molecule has 1 heterocycles. The Kier molecular flexibility index (Phi) is 4.64. The molecule has 0 aliphatic heterocycles. The van der Waals surface area contributed by atoms with E-state index in [1.165, 1.54) is 11.5 Å². The van der Waals surface area contributed by atoms with E-state index in [0.29, 0.717) is 13.1 Å². The van der Waals surface area contributed by atoms with Gasteiger partial charge in [-0.25, -0.2) is 4.98 Å². The highest BCUT2D eigenvalue weighted by molar-refractivity contribution is 7.09. The lowest BCUT2D eigenvalue weighted by molar-refractivity contribution is 0.281. The summed E-state index contributed by atoms with van der Waals surface area (Å²) in [6.45, 7) is 7.21. The molecule has 0 spiro atoms. The minimum atomic E-state index is -0.0706. The Hall–Kier alpha value is -0.720. The van der Waals surface area contributed by atoms with Crippen LogP contribution in [-0.4, -0.2) is 45.9 Å². The maximum Gasteiger partial charge on any atom is 0.205 e. The highest BCUT2D eigenvalue weighted by Gasteiger charge is 2.21. The van der Waals surface area contributed by atoms with Gasteiger partial charge in [-0.2, -0.15) is 4.37 Å². The van der Waals surface area contributed by atoms with Gasteiger partial charge < -0.3 is 15.1 Å². The summed E-state index contributed by atoms with van der Waals surface area (Å²) in [7, 11) is 0. The summed E-state index contributed by atoms with van der Waals surface area (Å²) in [5, 5.41) is 18.6. The summed E-state index contributed by atoms with van der Waals surface area (Å²) < 4.78 is 4.30. The van der Waals surface area contributed by atoms with Crippen molar-refractivity contribution in [3.8, 4) is 0 Å². The first-order valence-electron chi connectivity index (χ1n) is 5.30. The number of rotatable bonds is 5. The van der Waals surface area contributed by atoms with Gasteiger partial charge in [-0.1, -0.05) is 20.8 Å². The van der Waals surface area contributed by atoms with Gasteiger partial charge in [0, 0.05) is 30.0 Å². The van der Waals surface area contributed by atoms with E-state index >= 15 is 0 Å². The van der Waals surface area contributed by atoms with Crippen LogP contribution in [0.5, 0.6) is 0 Å². The van der Waals surface area contributed by atoms with Gasteiger partial charge in [-0.3, -0.25) is 0 Å². The van der Waals surface area contributed by atoms with Crippen LogP contribution in [0.3, 0.4) is 0 Å². The molecule has 92 valence electrons. The van der Waals surface area contributed by atoms with Crippen molar-refractivity contribution >= 4 is 16.7 Å². The van der Waals surface area contributed by atoms with E-state index in [-0.39, 0.29) is 18.6 Å². The number of hydrogen-bond acceptors (Lipinski definition) is 6. The van der Waals surface area contributed by atoms with Crippen molar-refractivity contribution in [2.45, 2.75) is 26.2 Å². The fourth-order valence-corrected chi connectivity index (χ4v) is 2.10. The second-order valence-corrected chi connectivity index (χ2v) is 5.32. The first kappa shape index (κ1) is 13.3. The zero-order valence-corrected chi connectivity index (χ0v) is 10.8. The topological polar surface area (TPSA) is 69.5 Å². The third-order valence-corrected chi connectivity index (χ3v) is 2.87. The molecule has 0 radical (unpaired) electrons. The van der Waals surface area contributed by atoms with Crippen LogP contribution in [-0.2, 0) is 5.41 Å². The quantitative estimate of drug-likeness (QED) is 0.796.